The lowest BCUT2D eigenvalue weighted by atomic mass is 9.75. The molecule has 0 amide bonds. The summed E-state index contributed by atoms with van der Waals surface area (Å²) in [5, 5.41) is 79.5. The Hall–Kier alpha value is -5.87. The highest BCUT2D eigenvalue weighted by atomic mass is 16.6. The number of fused-ring (bicyclic) bond motifs is 2. The van der Waals surface area contributed by atoms with Gasteiger partial charge in [-0.25, -0.2) is 24.0 Å². The molecule has 3 rings (SSSR count). The Morgan fingerprint density at radius 2 is 0.833 bits per heavy atom. The van der Waals surface area contributed by atoms with E-state index in [1.807, 2.05) is 0 Å². The van der Waals surface area contributed by atoms with Crippen LogP contribution >= 0.6 is 0 Å². The van der Waals surface area contributed by atoms with E-state index in [2.05, 4.69) is 0 Å². The van der Waals surface area contributed by atoms with Crippen LogP contribution < -0.4 is 0 Å². The Bertz CT molecular complexity index is 1430. The quantitative estimate of drug-likeness (QED) is 0.134. The first-order valence-electron chi connectivity index (χ1n) is 8.83. The summed E-state index contributed by atoms with van der Waals surface area (Å²) in [7, 11) is 0. The third-order valence-corrected chi connectivity index (χ3v) is 5.08. The van der Waals surface area contributed by atoms with E-state index in [-0.39, 0.29) is 0 Å². The standard InChI is InChI=1S/C19H7NO16/c21-11-1-2(4(16(27)28)10(20(35)36)5(17(29)30)3(1)15(25)26)12(22)7-6(11)13(23)8(18(31)32)9(14(7)24)19(33)34/h23-24H,(H,25,26)(H,27,28)(H,29,30)(H,31,32)(H,33,34). The van der Waals surface area contributed by atoms with Crippen LogP contribution in [0.15, 0.2) is 0 Å². The summed E-state index contributed by atoms with van der Waals surface area (Å²) in [6.07, 6.45) is 0. The van der Waals surface area contributed by atoms with Crippen LogP contribution in [0.1, 0.15) is 83.6 Å². The van der Waals surface area contributed by atoms with E-state index in [9.17, 15) is 79.4 Å². The van der Waals surface area contributed by atoms with E-state index in [0.29, 0.717) is 0 Å². The van der Waals surface area contributed by atoms with E-state index in [1.165, 1.54) is 0 Å². The highest BCUT2D eigenvalue weighted by molar-refractivity contribution is 6.37. The maximum atomic E-state index is 13.3. The Morgan fingerprint density at radius 3 is 1.11 bits per heavy atom. The SMILES string of the molecule is O=C(O)c1c(O)c2c(c(O)c1C(=O)O)C(=O)c1c(c(C(=O)O)c(C(=O)O)c([N+](=O)[O-])c1C(=O)O)C2=O. The fourth-order valence-electron chi connectivity index (χ4n) is 3.84. The number of carbonyl (C=O) groups is 7. The Balaban J connectivity index is 2.76. The zero-order chi connectivity index (χ0) is 27.5. The third-order valence-electron chi connectivity index (χ3n) is 5.08. The van der Waals surface area contributed by atoms with Crippen LogP contribution in [0.4, 0.5) is 5.69 Å². The molecule has 36 heavy (non-hydrogen) atoms. The number of rotatable bonds is 6. The number of aromatic carboxylic acids is 5. The van der Waals surface area contributed by atoms with Gasteiger partial charge in [-0.05, 0) is 0 Å². The Morgan fingerprint density at radius 1 is 0.528 bits per heavy atom. The van der Waals surface area contributed by atoms with Crippen LogP contribution in [0.5, 0.6) is 11.5 Å². The first-order valence-corrected chi connectivity index (χ1v) is 8.83. The van der Waals surface area contributed by atoms with Crippen molar-refractivity contribution < 1.29 is 74.2 Å². The van der Waals surface area contributed by atoms with E-state index in [0.717, 1.165) is 0 Å². The Kier molecular flexibility index (Phi) is 5.41. The molecule has 0 unspecified atom stereocenters. The minimum absolute atomic E-state index is 1.50. The summed E-state index contributed by atoms with van der Waals surface area (Å²) >= 11 is 0. The molecule has 0 saturated heterocycles. The second kappa shape index (κ2) is 7.87. The molecule has 0 aromatic heterocycles. The van der Waals surface area contributed by atoms with Crippen LogP contribution in [0, 0.1) is 10.1 Å². The van der Waals surface area contributed by atoms with Gasteiger partial charge in [0.15, 0.2) is 17.1 Å². The highest BCUT2D eigenvalue weighted by Gasteiger charge is 2.49. The van der Waals surface area contributed by atoms with Gasteiger partial charge in [-0.3, -0.25) is 19.7 Å². The summed E-state index contributed by atoms with van der Waals surface area (Å²) in [4.78, 5) is 95.1. The molecule has 17 heteroatoms. The van der Waals surface area contributed by atoms with Gasteiger partial charge < -0.3 is 35.7 Å². The fraction of sp³-hybridized carbons (Fsp3) is 0. The number of carboxylic acid groups (broad SMARTS) is 5. The molecule has 7 N–H and O–H groups in total. The summed E-state index contributed by atoms with van der Waals surface area (Å²) in [6.45, 7) is 0. The number of hydrogen-bond acceptors (Lipinski definition) is 11. The van der Waals surface area contributed by atoms with Crippen molar-refractivity contribution in [3.63, 3.8) is 0 Å². The molecule has 184 valence electrons. The van der Waals surface area contributed by atoms with Gasteiger partial charge in [0.1, 0.15) is 28.2 Å². The van der Waals surface area contributed by atoms with Crippen molar-refractivity contribution >= 4 is 47.1 Å². The molecule has 0 saturated carbocycles. The molecule has 0 fully saturated rings. The average molecular weight is 505 g/mol. The largest absolute Gasteiger partial charge is 0.506 e. The molecule has 0 aliphatic heterocycles. The van der Waals surface area contributed by atoms with Crippen LogP contribution in [-0.4, -0.2) is 82.1 Å². The van der Waals surface area contributed by atoms with Crippen molar-refractivity contribution in [3.8, 4) is 11.5 Å². The summed E-state index contributed by atoms with van der Waals surface area (Å²) in [5.41, 5.74) is -16.8. The van der Waals surface area contributed by atoms with Crippen molar-refractivity contribution in [2.45, 2.75) is 0 Å². The van der Waals surface area contributed by atoms with Crippen molar-refractivity contribution in [1.82, 2.24) is 0 Å². The van der Waals surface area contributed by atoms with Crippen LogP contribution in [0.25, 0.3) is 0 Å². The van der Waals surface area contributed by atoms with E-state index >= 15 is 0 Å². The molecular weight excluding hydrogens is 498 g/mol. The molecule has 0 atom stereocenters. The number of hydrogen-bond donors (Lipinski definition) is 7. The number of nitro benzene ring substituents is 1. The number of carbonyl (C=O) groups excluding carboxylic acids is 2. The van der Waals surface area contributed by atoms with Gasteiger partial charge in [-0.2, -0.15) is 0 Å². The minimum Gasteiger partial charge on any atom is -0.506 e. The normalized spacial score (nSPS) is 11.9. The summed E-state index contributed by atoms with van der Waals surface area (Å²) in [5.74, 6) is -19.1. The van der Waals surface area contributed by atoms with Gasteiger partial charge in [-0.15, -0.1) is 0 Å². The number of phenols is 2. The first kappa shape index (κ1) is 24.8. The zero-order valence-electron chi connectivity index (χ0n) is 16.8. The number of carboxylic acids is 5. The summed E-state index contributed by atoms with van der Waals surface area (Å²) < 4.78 is 0. The topological polar surface area (TPSA) is 304 Å². The van der Waals surface area contributed by atoms with Crippen LogP contribution in [-0.2, 0) is 0 Å². The monoisotopic (exact) mass is 505 g/mol. The molecule has 2 aromatic rings. The fourth-order valence-corrected chi connectivity index (χ4v) is 3.84. The Labute approximate surface area is 193 Å². The second-order valence-electron chi connectivity index (χ2n) is 6.86. The smallest absolute Gasteiger partial charge is 0.343 e. The molecule has 1 aliphatic rings. The molecule has 0 bridgehead atoms. The number of aromatic hydroxyl groups is 2. The summed E-state index contributed by atoms with van der Waals surface area (Å²) in [6, 6.07) is 0. The van der Waals surface area contributed by atoms with Crippen molar-refractivity contribution in [2.75, 3.05) is 0 Å². The maximum Gasteiger partial charge on any atom is 0.343 e. The second-order valence-corrected chi connectivity index (χ2v) is 6.86. The first-order chi connectivity index (χ1) is 16.6. The van der Waals surface area contributed by atoms with E-state index in [1.54, 1.807) is 0 Å². The highest BCUT2D eigenvalue weighted by Crippen LogP contribution is 2.47. The zero-order valence-corrected chi connectivity index (χ0v) is 16.8. The predicted octanol–water partition coefficient (Wildman–Crippen LogP) is 0.272. The lowest BCUT2D eigenvalue weighted by Gasteiger charge is -2.24. The molecule has 0 spiro atoms. The molecule has 0 radical (unpaired) electrons. The number of benzene rings is 2. The van der Waals surface area contributed by atoms with Gasteiger partial charge in [0.25, 0.3) is 5.69 Å². The van der Waals surface area contributed by atoms with E-state index in [4.69, 9.17) is 0 Å². The lowest BCUT2D eigenvalue weighted by Crippen LogP contribution is -2.31. The van der Waals surface area contributed by atoms with Crippen LogP contribution in [0.2, 0.25) is 0 Å². The molecular formula is C19H7NO16. The van der Waals surface area contributed by atoms with Gasteiger partial charge in [0, 0.05) is 0 Å². The van der Waals surface area contributed by atoms with Gasteiger partial charge >= 0.3 is 29.8 Å². The molecule has 17 nitrogen and oxygen atoms in total. The van der Waals surface area contributed by atoms with Crippen molar-refractivity contribution in [3.05, 3.63) is 60.2 Å². The number of nitrogens with zero attached hydrogens (tertiary/aromatic N) is 1. The number of nitro groups is 1. The van der Waals surface area contributed by atoms with Crippen molar-refractivity contribution in [1.29, 1.82) is 0 Å². The van der Waals surface area contributed by atoms with Crippen molar-refractivity contribution in [2.24, 2.45) is 0 Å². The predicted molar refractivity (Wildman–Crippen MR) is 105 cm³/mol. The van der Waals surface area contributed by atoms with Gasteiger partial charge in [0.2, 0.25) is 0 Å². The van der Waals surface area contributed by atoms with Gasteiger partial charge in [-0.1, -0.05) is 0 Å². The van der Waals surface area contributed by atoms with Crippen LogP contribution in [0.3, 0.4) is 0 Å². The van der Waals surface area contributed by atoms with E-state index < -0.39 is 114 Å². The molecule has 1 aliphatic carbocycles. The maximum absolute atomic E-state index is 13.3. The minimum atomic E-state index is -2.41. The lowest BCUT2D eigenvalue weighted by molar-refractivity contribution is -0.385. The number of ketones is 2. The third kappa shape index (κ3) is 3.07. The average Bonchev–Trinajstić information content (AvgIpc) is 2.75. The molecule has 0 heterocycles. The van der Waals surface area contributed by atoms with Gasteiger partial charge in [0.05, 0.1) is 32.7 Å². The molecule has 2 aromatic carbocycles.